The van der Waals surface area contributed by atoms with Crippen LogP contribution in [0.15, 0.2) is 0 Å². The van der Waals surface area contributed by atoms with Gasteiger partial charge < -0.3 is 104 Å². The number of nitrogens with one attached hydrogen (secondary N) is 11. The summed E-state index contributed by atoms with van der Waals surface area (Å²) in [5.41, 5.74) is 37.0. The summed E-state index contributed by atoms with van der Waals surface area (Å²) in [6.07, 6.45) is -6.65. The van der Waals surface area contributed by atoms with Gasteiger partial charge in [0, 0.05) is 19.4 Å². The van der Waals surface area contributed by atoms with E-state index in [9.17, 15) is 86.9 Å². The highest BCUT2D eigenvalue weighted by atomic mass is 16.4. The van der Waals surface area contributed by atoms with E-state index in [-0.39, 0.29) is 19.4 Å². The molecule has 0 aromatic carbocycles. The van der Waals surface area contributed by atoms with Gasteiger partial charge in [0.1, 0.15) is 54.4 Å². The van der Waals surface area contributed by atoms with Gasteiger partial charge in [-0.1, -0.05) is 20.3 Å². The van der Waals surface area contributed by atoms with Crippen molar-refractivity contribution in [3.8, 4) is 0 Å². The van der Waals surface area contributed by atoms with Crippen LogP contribution in [0.25, 0.3) is 0 Å². The summed E-state index contributed by atoms with van der Waals surface area (Å²) < 4.78 is 0. The normalized spacial score (nSPS) is 14.5. The molecule has 0 radical (unpaired) electrons. The van der Waals surface area contributed by atoms with Crippen LogP contribution in [0, 0.1) is 11.3 Å². The van der Waals surface area contributed by atoms with Crippen molar-refractivity contribution in [3.05, 3.63) is 0 Å². The number of amides is 14. The van der Waals surface area contributed by atoms with E-state index in [0.717, 1.165) is 6.92 Å². The lowest BCUT2D eigenvalue weighted by atomic mass is 9.97. The van der Waals surface area contributed by atoms with E-state index in [2.05, 4.69) is 42.5 Å². The third kappa shape index (κ3) is 28.5. The number of primary amides is 5. The van der Waals surface area contributed by atoms with Gasteiger partial charge in [-0.25, -0.2) is 4.79 Å². The maximum absolute atomic E-state index is 13.8. The number of guanidine groups is 1. The van der Waals surface area contributed by atoms with Crippen molar-refractivity contribution in [3.63, 3.8) is 0 Å². The first kappa shape index (κ1) is 69.8. The fraction of sp³-hybridized carbons (Fsp3) is 0.605. The summed E-state index contributed by atoms with van der Waals surface area (Å²) in [6.45, 7) is 3.81. The minimum Gasteiger partial charge on any atom is -0.481 e. The van der Waals surface area contributed by atoms with Gasteiger partial charge >= 0.3 is 11.9 Å². The van der Waals surface area contributed by atoms with E-state index in [4.69, 9.17) is 45.5 Å². The van der Waals surface area contributed by atoms with Crippen molar-refractivity contribution in [2.45, 2.75) is 146 Å². The Labute approximate surface area is 450 Å². The maximum atomic E-state index is 13.8. The number of aliphatic carboxylic acids is 2. The second-order valence-electron chi connectivity index (χ2n) is 17.7. The molecule has 14 amide bonds. The predicted molar refractivity (Wildman–Crippen MR) is 269 cm³/mol. The zero-order chi connectivity index (χ0) is 60.9. The number of rotatable bonds is 39. The van der Waals surface area contributed by atoms with Crippen molar-refractivity contribution in [2.24, 2.45) is 46.1 Å². The molecule has 0 heterocycles. The largest absolute Gasteiger partial charge is 0.481 e. The monoisotopic (exact) mass is 1130 g/mol. The molecule has 79 heavy (non-hydrogen) atoms. The van der Waals surface area contributed by atoms with Crippen LogP contribution in [0.2, 0.25) is 0 Å². The number of hydrogen-bond acceptors (Lipinski definition) is 18. The predicted octanol–water partition coefficient (Wildman–Crippen LogP) is -10.6. The Bertz CT molecular complexity index is 2300. The molecule has 0 aromatic heterocycles. The minimum atomic E-state index is -2.10. The van der Waals surface area contributed by atoms with Gasteiger partial charge in [-0.2, -0.15) is 0 Å². The summed E-state index contributed by atoms with van der Waals surface area (Å²) in [4.78, 5) is 204. The van der Waals surface area contributed by atoms with Crippen LogP contribution >= 0.6 is 0 Å². The van der Waals surface area contributed by atoms with Gasteiger partial charge in [-0.3, -0.25) is 77.3 Å². The molecule has 0 fully saturated rings. The van der Waals surface area contributed by atoms with E-state index in [1.807, 2.05) is 10.6 Å². The second-order valence-corrected chi connectivity index (χ2v) is 17.7. The van der Waals surface area contributed by atoms with Crippen LogP contribution in [0.1, 0.15) is 91.4 Å². The van der Waals surface area contributed by atoms with E-state index >= 15 is 0 Å². The first-order valence-electron chi connectivity index (χ1n) is 24.1. The lowest BCUT2D eigenvalue weighted by Gasteiger charge is -2.27. The number of hydrogen-bond donors (Lipinski definition) is 20. The van der Waals surface area contributed by atoms with Gasteiger partial charge in [0.2, 0.25) is 82.7 Å². The van der Waals surface area contributed by atoms with E-state index in [0.29, 0.717) is 6.42 Å². The highest BCUT2D eigenvalue weighted by molar-refractivity contribution is 6.01. The van der Waals surface area contributed by atoms with Crippen molar-refractivity contribution in [1.82, 2.24) is 53.2 Å². The van der Waals surface area contributed by atoms with Crippen LogP contribution < -0.4 is 93.3 Å². The number of carboxylic acid groups (broad SMARTS) is 2. The Morgan fingerprint density at radius 2 is 0.797 bits per heavy atom. The summed E-state index contributed by atoms with van der Waals surface area (Å²) in [6, 6.07) is -16.1. The molecular formula is C43H72N18O18. The topological polar surface area (TPSA) is 640 Å². The number of carboxylic acids is 2. The van der Waals surface area contributed by atoms with Crippen LogP contribution in [0.3, 0.4) is 0 Å². The Hall–Kier alpha value is -9.25. The number of carbonyl (C=O) groups is 16. The van der Waals surface area contributed by atoms with Gasteiger partial charge in [0.25, 0.3) is 0 Å². The molecule has 442 valence electrons. The Morgan fingerprint density at radius 3 is 1.18 bits per heavy atom. The molecule has 0 aliphatic heterocycles. The third-order valence-corrected chi connectivity index (χ3v) is 11.1. The van der Waals surface area contributed by atoms with Gasteiger partial charge in [-0.05, 0) is 38.5 Å². The lowest BCUT2D eigenvalue weighted by molar-refractivity contribution is -0.144. The van der Waals surface area contributed by atoms with E-state index in [1.54, 1.807) is 13.8 Å². The van der Waals surface area contributed by atoms with E-state index < -0.39 is 219 Å². The SMILES string of the molecule is CC[C@H](C)[C@H](NC(=O)CN)C(=O)N[C@@H](CC(N)=O)C(=O)N[C@@H](C)C(=O)N[C@@H](CCC(=O)O)C(=O)N[C@@H](CC(N)=O)C(=O)N[C@@H](CC(N)=O)C(=O)N[C@@H](CCC(N)=O)C(=O)N[C@@H](CCCNC(=N)N)C(=O)N[C@@H](CC(N)=O)C(=O)O. The second kappa shape index (κ2) is 35.2. The van der Waals surface area contributed by atoms with Crippen LogP contribution in [0.5, 0.6) is 0 Å². The quantitative estimate of drug-likeness (QED) is 0.0154. The molecule has 0 aliphatic rings. The molecule has 36 heteroatoms. The first-order valence-corrected chi connectivity index (χ1v) is 24.1. The molecule has 36 nitrogen and oxygen atoms in total. The molecule has 0 rings (SSSR count). The summed E-state index contributed by atoms with van der Waals surface area (Å²) >= 11 is 0. The molecular weight excluding hydrogens is 1060 g/mol. The fourth-order valence-electron chi connectivity index (χ4n) is 6.76. The summed E-state index contributed by atoms with van der Waals surface area (Å²) in [5.74, 6) is -20.7. The van der Waals surface area contributed by atoms with Gasteiger partial charge in [0.15, 0.2) is 5.96 Å². The Morgan fingerprint density at radius 1 is 0.443 bits per heavy atom. The Kier molecular flexibility index (Phi) is 31.0. The van der Waals surface area contributed by atoms with Crippen LogP contribution in [-0.4, -0.2) is 178 Å². The smallest absolute Gasteiger partial charge is 0.326 e. The number of carbonyl (C=O) groups excluding carboxylic acids is 14. The molecule has 0 aliphatic carbocycles. The average Bonchev–Trinajstić information content (AvgIpc) is 3.33. The standard InChI is InChI=1S/C43H72N18O18/c1-4-17(2)33(61-31(67)16-44)41(77)59-22(12-27(46)63)38(74)53-18(3)34(70)54-21(8-10-32(68)69)37(73)57-24(14-29(48)65)40(76)58-23(13-28(47)64)39(75)56-20(7-9-26(45)62)36(72)55-19(6-5-11-52-43(50)51)35(71)60-25(42(78)79)15-30(49)66/h17-25,33H,4-16,44H2,1-3H3,(H2,45,62)(H2,46,63)(H2,47,64)(H2,48,65)(H2,49,66)(H,53,74)(H,54,70)(H,55,72)(H,56,75)(H,57,73)(H,58,76)(H,59,77)(H,60,71)(H,61,67)(H,68,69)(H,78,79)(H4,50,51,52)/t17-,18-,19-,20-,21-,22-,23-,24-,25-,33-/m0/s1. The van der Waals surface area contributed by atoms with Gasteiger partial charge in [-0.15, -0.1) is 0 Å². The van der Waals surface area contributed by atoms with Gasteiger partial charge in [0.05, 0.1) is 32.2 Å². The Balaban J connectivity index is 6.76. The van der Waals surface area contributed by atoms with Crippen molar-refractivity contribution >= 4 is 101 Å². The maximum Gasteiger partial charge on any atom is 0.326 e. The zero-order valence-corrected chi connectivity index (χ0v) is 43.4. The van der Waals surface area contributed by atoms with Crippen molar-refractivity contribution in [2.75, 3.05) is 13.1 Å². The molecule has 0 spiro atoms. The number of nitrogens with two attached hydrogens (primary N) is 7. The van der Waals surface area contributed by atoms with Crippen molar-refractivity contribution < 1.29 is 86.9 Å². The molecule has 0 saturated heterocycles. The third-order valence-electron chi connectivity index (χ3n) is 11.1. The van der Waals surface area contributed by atoms with E-state index in [1.165, 1.54) is 0 Å². The zero-order valence-electron chi connectivity index (χ0n) is 43.4. The summed E-state index contributed by atoms with van der Waals surface area (Å²) in [7, 11) is 0. The highest BCUT2D eigenvalue weighted by Gasteiger charge is 2.37. The first-order chi connectivity index (χ1) is 36.7. The van der Waals surface area contributed by atoms with Crippen LogP contribution in [0.4, 0.5) is 0 Å². The molecule has 0 saturated carbocycles. The lowest BCUT2D eigenvalue weighted by Crippen LogP contribution is -2.61. The summed E-state index contributed by atoms with van der Waals surface area (Å²) in [5, 5.41) is 48.3. The fourth-order valence-corrected chi connectivity index (χ4v) is 6.76. The van der Waals surface area contributed by atoms with Crippen molar-refractivity contribution in [1.29, 1.82) is 5.41 Å². The molecule has 0 unspecified atom stereocenters. The highest BCUT2D eigenvalue weighted by Crippen LogP contribution is 2.11. The molecule has 10 atom stereocenters. The molecule has 0 aromatic rings. The molecule has 0 bridgehead atoms. The van der Waals surface area contributed by atoms with Crippen LogP contribution in [-0.2, 0) is 76.7 Å². The minimum absolute atomic E-state index is 0.0357. The average molecular weight is 1130 g/mol. The molecule has 27 N–H and O–H groups in total.